The molecule has 8 heteroatoms. The maximum absolute atomic E-state index is 13.6. The van der Waals surface area contributed by atoms with Gasteiger partial charge in [0.2, 0.25) is 0 Å². The minimum Gasteiger partial charge on any atom is -0.297 e. The highest BCUT2D eigenvalue weighted by atomic mass is 32.1. The Morgan fingerprint density at radius 3 is 2.33 bits per heavy atom. The SMILES string of the molecule is Cc1nc(CNC(c2c(F)cccc2F)C(F)(F)F)cs1. The molecule has 1 aromatic heterocycles. The molecule has 0 radical (unpaired) electrons. The Bertz CT molecular complexity index is 603. The van der Waals surface area contributed by atoms with Gasteiger partial charge in [0.15, 0.2) is 0 Å². The topological polar surface area (TPSA) is 24.9 Å². The molecule has 0 bridgehead atoms. The predicted molar refractivity (Wildman–Crippen MR) is 68.8 cm³/mol. The number of aromatic nitrogens is 1. The summed E-state index contributed by atoms with van der Waals surface area (Å²) in [4.78, 5) is 4.00. The molecule has 1 atom stereocenters. The fourth-order valence-corrected chi connectivity index (χ4v) is 2.48. The van der Waals surface area contributed by atoms with Gasteiger partial charge in [0, 0.05) is 17.5 Å². The van der Waals surface area contributed by atoms with Crippen LogP contribution in [0.15, 0.2) is 23.6 Å². The lowest BCUT2D eigenvalue weighted by Crippen LogP contribution is -2.35. The molecule has 0 saturated carbocycles. The van der Waals surface area contributed by atoms with Gasteiger partial charge < -0.3 is 0 Å². The maximum Gasteiger partial charge on any atom is 0.408 e. The van der Waals surface area contributed by atoms with Crippen molar-refractivity contribution in [3.8, 4) is 0 Å². The van der Waals surface area contributed by atoms with E-state index in [1.54, 1.807) is 12.3 Å². The number of nitrogens with one attached hydrogen (secondary N) is 1. The van der Waals surface area contributed by atoms with Gasteiger partial charge in [-0.1, -0.05) is 6.07 Å². The Labute approximate surface area is 121 Å². The first-order valence-electron chi connectivity index (χ1n) is 5.94. The number of benzene rings is 1. The van der Waals surface area contributed by atoms with Crippen LogP contribution in [0.25, 0.3) is 0 Å². The van der Waals surface area contributed by atoms with Crippen molar-refractivity contribution >= 4 is 11.3 Å². The zero-order valence-electron chi connectivity index (χ0n) is 10.8. The standard InChI is InChI=1S/C13H11F5N2S/c1-7-20-8(6-21-7)5-19-12(13(16,17)18)11-9(14)3-2-4-10(11)15/h2-4,6,12,19H,5H2,1H3. The summed E-state index contributed by atoms with van der Waals surface area (Å²) in [5.74, 6) is -2.47. The summed E-state index contributed by atoms with van der Waals surface area (Å²) in [6.07, 6.45) is -4.83. The van der Waals surface area contributed by atoms with E-state index in [9.17, 15) is 22.0 Å². The van der Waals surface area contributed by atoms with Crippen LogP contribution >= 0.6 is 11.3 Å². The maximum atomic E-state index is 13.6. The highest BCUT2D eigenvalue weighted by Gasteiger charge is 2.43. The number of hydrogen-bond acceptors (Lipinski definition) is 3. The van der Waals surface area contributed by atoms with Crippen molar-refractivity contribution in [1.82, 2.24) is 10.3 Å². The van der Waals surface area contributed by atoms with Crippen LogP contribution in [0.4, 0.5) is 22.0 Å². The molecule has 0 aliphatic rings. The van der Waals surface area contributed by atoms with Gasteiger partial charge >= 0.3 is 6.18 Å². The van der Waals surface area contributed by atoms with Crippen molar-refractivity contribution < 1.29 is 22.0 Å². The molecule has 2 rings (SSSR count). The largest absolute Gasteiger partial charge is 0.408 e. The molecule has 21 heavy (non-hydrogen) atoms. The molecule has 2 nitrogen and oxygen atoms in total. The first-order valence-corrected chi connectivity index (χ1v) is 6.82. The second-order valence-corrected chi connectivity index (χ2v) is 5.41. The Hall–Kier alpha value is -1.54. The van der Waals surface area contributed by atoms with E-state index in [1.807, 2.05) is 0 Å². The normalized spacial score (nSPS) is 13.4. The van der Waals surface area contributed by atoms with E-state index in [-0.39, 0.29) is 6.54 Å². The van der Waals surface area contributed by atoms with Crippen LogP contribution in [0.1, 0.15) is 22.3 Å². The number of nitrogens with zero attached hydrogens (tertiary/aromatic N) is 1. The highest BCUT2D eigenvalue weighted by molar-refractivity contribution is 7.09. The van der Waals surface area contributed by atoms with Crippen LogP contribution in [0.5, 0.6) is 0 Å². The van der Waals surface area contributed by atoms with Crippen molar-refractivity contribution in [2.24, 2.45) is 0 Å². The molecule has 1 N–H and O–H groups in total. The Balaban J connectivity index is 2.27. The summed E-state index contributed by atoms with van der Waals surface area (Å²) >= 11 is 1.29. The van der Waals surface area contributed by atoms with Crippen LogP contribution in [0.3, 0.4) is 0 Å². The van der Waals surface area contributed by atoms with Gasteiger partial charge in [-0.25, -0.2) is 13.8 Å². The average Bonchev–Trinajstić information content (AvgIpc) is 2.77. The lowest BCUT2D eigenvalue weighted by molar-refractivity contribution is -0.159. The summed E-state index contributed by atoms with van der Waals surface area (Å²) < 4.78 is 66.3. The molecule has 114 valence electrons. The molecule has 0 aliphatic heterocycles. The molecule has 0 fully saturated rings. The van der Waals surface area contributed by atoms with Gasteiger partial charge in [0.25, 0.3) is 0 Å². The predicted octanol–water partition coefficient (Wildman–Crippen LogP) is 4.12. The van der Waals surface area contributed by atoms with E-state index in [0.717, 1.165) is 18.2 Å². The first kappa shape index (κ1) is 15.8. The van der Waals surface area contributed by atoms with E-state index in [2.05, 4.69) is 10.3 Å². The lowest BCUT2D eigenvalue weighted by atomic mass is 10.0. The van der Waals surface area contributed by atoms with Crippen molar-refractivity contribution in [2.75, 3.05) is 0 Å². The molecule has 0 saturated heterocycles. The second kappa shape index (κ2) is 6.07. The van der Waals surface area contributed by atoms with Crippen molar-refractivity contribution in [1.29, 1.82) is 0 Å². The molecule has 0 spiro atoms. The van der Waals surface area contributed by atoms with E-state index in [1.165, 1.54) is 11.3 Å². The third kappa shape index (κ3) is 3.76. The van der Waals surface area contributed by atoms with Gasteiger partial charge in [0.1, 0.15) is 17.7 Å². The van der Waals surface area contributed by atoms with Gasteiger partial charge in [-0.15, -0.1) is 11.3 Å². The fraction of sp³-hybridized carbons (Fsp3) is 0.308. The van der Waals surface area contributed by atoms with Crippen molar-refractivity contribution in [3.63, 3.8) is 0 Å². The van der Waals surface area contributed by atoms with Gasteiger partial charge in [-0.2, -0.15) is 13.2 Å². The first-order chi connectivity index (χ1) is 9.79. The van der Waals surface area contributed by atoms with Gasteiger partial charge in [-0.05, 0) is 19.1 Å². The van der Waals surface area contributed by atoms with E-state index in [4.69, 9.17) is 0 Å². The quantitative estimate of drug-likeness (QED) is 0.857. The fourth-order valence-electron chi connectivity index (χ4n) is 1.86. The second-order valence-electron chi connectivity index (χ2n) is 4.35. The highest BCUT2D eigenvalue weighted by Crippen LogP contribution is 2.35. The number of hydrogen-bond donors (Lipinski definition) is 1. The van der Waals surface area contributed by atoms with E-state index >= 15 is 0 Å². The van der Waals surface area contributed by atoms with Gasteiger partial charge in [0.05, 0.1) is 10.7 Å². The number of alkyl halides is 3. The van der Waals surface area contributed by atoms with Crippen LogP contribution in [-0.4, -0.2) is 11.2 Å². The zero-order valence-corrected chi connectivity index (χ0v) is 11.7. The minimum absolute atomic E-state index is 0.234. The monoisotopic (exact) mass is 322 g/mol. The Morgan fingerprint density at radius 1 is 1.24 bits per heavy atom. The number of halogens is 5. The van der Waals surface area contributed by atoms with E-state index < -0.39 is 29.4 Å². The molecule has 1 heterocycles. The van der Waals surface area contributed by atoms with Crippen LogP contribution in [-0.2, 0) is 6.54 Å². The number of aryl methyl sites for hydroxylation is 1. The number of thiazole rings is 1. The zero-order chi connectivity index (χ0) is 15.6. The van der Waals surface area contributed by atoms with Gasteiger partial charge in [-0.3, -0.25) is 5.32 Å². The summed E-state index contributed by atoms with van der Waals surface area (Å²) in [5, 5.41) is 4.42. The molecule has 1 unspecified atom stereocenters. The molecular formula is C13H11F5N2S. The third-order valence-electron chi connectivity index (χ3n) is 2.77. The Kier molecular flexibility index (Phi) is 4.58. The molecule has 0 aliphatic carbocycles. The van der Waals surface area contributed by atoms with Crippen LogP contribution < -0.4 is 5.32 Å². The smallest absolute Gasteiger partial charge is 0.297 e. The average molecular weight is 322 g/mol. The molecular weight excluding hydrogens is 311 g/mol. The molecule has 2 aromatic rings. The minimum atomic E-state index is -4.83. The summed E-state index contributed by atoms with van der Waals surface area (Å²) in [6.45, 7) is 1.48. The lowest BCUT2D eigenvalue weighted by Gasteiger charge is -2.22. The third-order valence-corrected chi connectivity index (χ3v) is 3.59. The molecule has 0 amide bonds. The Morgan fingerprint density at radius 2 is 1.86 bits per heavy atom. The van der Waals surface area contributed by atoms with Crippen LogP contribution in [0.2, 0.25) is 0 Å². The number of rotatable bonds is 4. The van der Waals surface area contributed by atoms with Crippen molar-refractivity contribution in [2.45, 2.75) is 25.7 Å². The van der Waals surface area contributed by atoms with Crippen LogP contribution in [0, 0.1) is 18.6 Å². The van der Waals surface area contributed by atoms with Crippen molar-refractivity contribution in [3.05, 3.63) is 51.5 Å². The summed E-state index contributed by atoms with van der Waals surface area (Å²) in [5.41, 5.74) is -0.638. The summed E-state index contributed by atoms with van der Waals surface area (Å²) in [6, 6.07) is 0.184. The summed E-state index contributed by atoms with van der Waals surface area (Å²) in [7, 11) is 0. The molecule has 1 aromatic carbocycles. The van der Waals surface area contributed by atoms with E-state index in [0.29, 0.717) is 10.7 Å².